The number of benzene rings is 1. The molecule has 1 aromatic rings. The molecule has 0 unspecified atom stereocenters. The normalized spacial score (nSPS) is 16.1. The molecule has 0 atom stereocenters. The van der Waals surface area contributed by atoms with Crippen molar-refractivity contribution in [3.8, 4) is 5.75 Å². The number of carbonyl (C=O) groups is 1. The Morgan fingerprint density at radius 2 is 1.86 bits per heavy atom. The molecular formula is C18H27NO3. The summed E-state index contributed by atoms with van der Waals surface area (Å²) < 4.78 is 11.0. The average molecular weight is 305 g/mol. The van der Waals surface area contributed by atoms with E-state index in [9.17, 15) is 4.79 Å². The second-order valence-electron chi connectivity index (χ2n) is 6.34. The molecule has 4 nitrogen and oxygen atoms in total. The van der Waals surface area contributed by atoms with Crippen molar-refractivity contribution in [1.29, 1.82) is 0 Å². The van der Waals surface area contributed by atoms with Crippen LogP contribution in [0.15, 0.2) is 24.3 Å². The van der Waals surface area contributed by atoms with E-state index >= 15 is 0 Å². The molecule has 1 aromatic carbocycles. The van der Waals surface area contributed by atoms with Gasteiger partial charge in [0.2, 0.25) is 5.91 Å². The Morgan fingerprint density at radius 3 is 2.41 bits per heavy atom. The molecule has 0 aromatic heterocycles. The fourth-order valence-electron chi connectivity index (χ4n) is 2.59. The van der Waals surface area contributed by atoms with Gasteiger partial charge in [0.25, 0.3) is 0 Å². The molecule has 0 saturated carbocycles. The van der Waals surface area contributed by atoms with E-state index in [0.29, 0.717) is 25.0 Å². The van der Waals surface area contributed by atoms with Gasteiger partial charge in [-0.05, 0) is 36.5 Å². The Kier molecular flexibility index (Phi) is 6.25. The van der Waals surface area contributed by atoms with Crippen molar-refractivity contribution in [1.82, 2.24) is 4.90 Å². The molecule has 0 aliphatic carbocycles. The summed E-state index contributed by atoms with van der Waals surface area (Å²) in [6, 6.07) is 7.86. The lowest BCUT2D eigenvalue weighted by Crippen LogP contribution is -2.41. The first-order valence-corrected chi connectivity index (χ1v) is 8.10. The van der Waals surface area contributed by atoms with E-state index in [1.807, 2.05) is 29.2 Å². The van der Waals surface area contributed by atoms with Gasteiger partial charge >= 0.3 is 0 Å². The average Bonchev–Trinajstić information content (AvgIpc) is 2.54. The summed E-state index contributed by atoms with van der Waals surface area (Å²) in [4.78, 5) is 14.3. The minimum absolute atomic E-state index is 0.199. The van der Waals surface area contributed by atoms with E-state index in [1.54, 1.807) is 7.11 Å². The Balaban J connectivity index is 1.81. The molecule has 2 rings (SSSR count). The summed E-state index contributed by atoms with van der Waals surface area (Å²) in [7, 11) is 1.74. The summed E-state index contributed by atoms with van der Waals surface area (Å²) in [6.07, 6.45) is 2.64. The highest BCUT2D eigenvalue weighted by Crippen LogP contribution is 2.17. The number of methoxy groups -OCH3 is 1. The summed E-state index contributed by atoms with van der Waals surface area (Å²) >= 11 is 0. The predicted octanol–water partition coefficient (Wildman–Crippen LogP) is 2.90. The van der Waals surface area contributed by atoms with E-state index in [2.05, 4.69) is 13.8 Å². The van der Waals surface area contributed by atoms with Gasteiger partial charge in [-0.2, -0.15) is 0 Å². The van der Waals surface area contributed by atoms with Gasteiger partial charge in [0.05, 0.1) is 19.1 Å². The number of likely N-dealkylation sites (tertiary alicyclic amines) is 1. The van der Waals surface area contributed by atoms with E-state index in [-0.39, 0.29) is 5.91 Å². The highest BCUT2D eigenvalue weighted by Gasteiger charge is 2.22. The number of piperidine rings is 1. The minimum atomic E-state index is 0.199. The number of carbonyl (C=O) groups excluding carboxylic acids is 1. The van der Waals surface area contributed by atoms with Gasteiger partial charge in [0, 0.05) is 20.2 Å². The Bertz CT molecular complexity index is 462. The van der Waals surface area contributed by atoms with Crippen LogP contribution in [-0.2, 0) is 16.0 Å². The maximum Gasteiger partial charge on any atom is 0.226 e. The zero-order valence-corrected chi connectivity index (χ0v) is 13.9. The summed E-state index contributed by atoms with van der Waals surface area (Å²) in [6.45, 7) is 6.56. The van der Waals surface area contributed by atoms with Crippen LogP contribution < -0.4 is 4.74 Å². The number of ether oxygens (including phenoxy) is 2. The Labute approximate surface area is 133 Å². The molecule has 1 amide bonds. The van der Waals surface area contributed by atoms with Crippen molar-refractivity contribution in [3.63, 3.8) is 0 Å². The SMILES string of the molecule is COC1CCN(C(=O)Cc2ccc(OCC(C)C)cc2)CC1. The molecule has 0 bridgehead atoms. The van der Waals surface area contributed by atoms with Crippen LogP contribution in [-0.4, -0.2) is 43.7 Å². The maximum absolute atomic E-state index is 12.3. The number of nitrogens with zero attached hydrogens (tertiary/aromatic N) is 1. The van der Waals surface area contributed by atoms with Gasteiger partial charge in [-0.25, -0.2) is 0 Å². The van der Waals surface area contributed by atoms with Gasteiger partial charge < -0.3 is 14.4 Å². The van der Waals surface area contributed by atoms with Crippen molar-refractivity contribution in [2.24, 2.45) is 5.92 Å². The molecule has 1 heterocycles. The van der Waals surface area contributed by atoms with Crippen molar-refractivity contribution < 1.29 is 14.3 Å². The largest absolute Gasteiger partial charge is 0.493 e. The lowest BCUT2D eigenvalue weighted by atomic mass is 10.1. The molecule has 1 aliphatic heterocycles. The Morgan fingerprint density at radius 1 is 1.23 bits per heavy atom. The number of amides is 1. The topological polar surface area (TPSA) is 38.8 Å². The van der Waals surface area contributed by atoms with E-state index in [1.165, 1.54) is 0 Å². The highest BCUT2D eigenvalue weighted by atomic mass is 16.5. The van der Waals surface area contributed by atoms with Crippen LogP contribution in [0.2, 0.25) is 0 Å². The first-order chi connectivity index (χ1) is 10.6. The fourth-order valence-corrected chi connectivity index (χ4v) is 2.59. The second-order valence-corrected chi connectivity index (χ2v) is 6.34. The molecule has 1 aliphatic rings. The molecule has 4 heteroatoms. The van der Waals surface area contributed by atoms with Crippen LogP contribution in [0.4, 0.5) is 0 Å². The van der Waals surface area contributed by atoms with Crippen molar-refractivity contribution >= 4 is 5.91 Å². The molecule has 1 saturated heterocycles. The van der Waals surface area contributed by atoms with Gasteiger partial charge in [-0.3, -0.25) is 4.79 Å². The molecule has 122 valence electrons. The highest BCUT2D eigenvalue weighted by molar-refractivity contribution is 5.78. The third-order valence-electron chi connectivity index (χ3n) is 3.99. The zero-order valence-electron chi connectivity index (χ0n) is 13.9. The number of rotatable bonds is 6. The van der Waals surface area contributed by atoms with Crippen LogP contribution >= 0.6 is 0 Å². The van der Waals surface area contributed by atoms with Crippen LogP contribution in [0.1, 0.15) is 32.3 Å². The lowest BCUT2D eigenvalue weighted by Gasteiger charge is -2.31. The summed E-state index contributed by atoms with van der Waals surface area (Å²) in [5, 5.41) is 0. The van der Waals surface area contributed by atoms with Crippen LogP contribution in [0.5, 0.6) is 5.75 Å². The van der Waals surface area contributed by atoms with Crippen LogP contribution in [0, 0.1) is 5.92 Å². The monoisotopic (exact) mass is 305 g/mol. The van der Waals surface area contributed by atoms with Gasteiger partial charge in [0.1, 0.15) is 5.75 Å². The smallest absolute Gasteiger partial charge is 0.226 e. The predicted molar refractivity (Wildman–Crippen MR) is 87.1 cm³/mol. The standard InChI is InChI=1S/C18H27NO3/c1-14(2)13-22-17-6-4-15(5-7-17)12-18(20)19-10-8-16(21-3)9-11-19/h4-7,14,16H,8-13H2,1-3H3. The zero-order chi connectivity index (χ0) is 15.9. The summed E-state index contributed by atoms with van der Waals surface area (Å²) in [5.74, 6) is 1.58. The molecule has 22 heavy (non-hydrogen) atoms. The molecule has 0 spiro atoms. The van der Waals surface area contributed by atoms with E-state index in [4.69, 9.17) is 9.47 Å². The van der Waals surface area contributed by atoms with Crippen molar-refractivity contribution in [2.45, 2.75) is 39.2 Å². The molecule has 1 fully saturated rings. The maximum atomic E-state index is 12.3. The van der Waals surface area contributed by atoms with E-state index in [0.717, 1.165) is 37.2 Å². The number of hydrogen-bond donors (Lipinski definition) is 0. The first kappa shape index (κ1) is 16.8. The Hall–Kier alpha value is -1.55. The third-order valence-corrected chi connectivity index (χ3v) is 3.99. The minimum Gasteiger partial charge on any atom is -0.493 e. The quantitative estimate of drug-likeness (QED) is 0.811. The van der Waals surface area contributed by atoms with Gasteiger partial charge in [0.15, 0.2) is 0 Å². The fraction of sp³-hybridized carbons (Fsp3) is 0.611. The molecule has 0 radical (unpaired) electrons. The first-order valence-electron chi connectivity index (χ1n) is 8.10. The lowest BCUT2D eigenvalue weighted by molar-refractivity contribution is -0.132. The number of hydrogen-bond acceptors (Lipinski definition) is 3. The molecule has 0 N–H and O–H groups in total. The van der Waals surface area contributed by atoms with Crippen LogP contribution in [0.3, 0.4) is 0 Å². The van der Waals surface area contributed by atoms with Crippen molar-refractivity contribution in [3.05, 3.63) is 29.8 Å². The van der Waals surface area contributed by atoms with Crippen molar-refractivity contribution in [2.75, 3.05) is 26.8 Å². The van der Waals surface area contributed by atoms with Gasteiger partial charge in [-0.1, -0.05) is 26.0 Å². The van der Waals surface area contributed by atoms with Crippen LogP contribution in [0.25, 0.3) is 0 Å². The third kappa shape index (κ3) is 5.02. The van der Waals surface area contributed by atoms with E-state index < -0.39 is 0 Å². The summed E-state index contributed by atoms with van der Waals surface area (Å²) in [5.41, 5.74) is 1.04. The molecular weight excluding hydrogens is 278 g/mol. The second kappa shape index (κ2) is 8.18. The van der Waals surface area contributed by atoms with Gasteiger partial charge in [-0.15, -0.1) is 0 Å².